The Morgan fingerprint density at radius 2 is 1.87 bits per heavy atom. The zero-order valence-electron chi connectivity index (χ0n) is 19.6. The van der Waals surface area contributed by atoms with Crippen LogP contribution in [0.25, 0.3) is 11.5 Å². The van der Waals surface area contributed by atoms with Crippen LogP contribution in [0, 0.1) is 5.41 Å². The van der Waals surface area contributed by atoms with E-state index in [-0.39, 0.29) is 11.5 Å². The van der Waals surface area contributed by atoms with Crippen molar-refractivity contribution < 1.29 is 14.1 Å². The molecule has 0 bridgehead atoms. The number of ether oxygens (including phenoxy) is 1. The number of amides is 1. The van der Waals surface area contributed by atoms with Gasteiger partial charge in [0.15, 0.2) is 5.82 Å². The third kappa shape index (κ3) is 8.88. The van der Waals surface area contributed by atoms with Gasteiger partial charge >= 0.3 is 0 Å². The van der Waals surface area contributed by atoms with Crippen molar-refractivity contribution in [2.24, 2.45) is 0 Å². The maximum Gasteiger partial charge on any atom is 0.258 e. The molecule has 1 aromatic heterocycles. The first-order valence-corrected chi connectivity index (χ1v) is 10.7. The zero-order chi connectivity index (χ0) is 23.4. The van der Waals surface area contributed by atoms with Crippen molar-refractivity contribution in [3.63, 3.8) is 0 Å². The van der Waals surface area contributed by atoms with Crippen LogP contribution in [-0.2, 0) is 9.53 Å². The molecule has 0 spiro atoms. The molecule has 1 fully saturated rings. The summed E-state index contributed by atoms with van der Waals surface area (Å²) in [5, 5.41) is 11.3. The van der Waals surface area contributed by atoms with E-state index in [1.165, 1.54) is 12.6 Å². The number of nitrogen functional groups attached to an aromatic ring is 1. The smallest absolute Gasteiger partial charge is 0.258 e. The van der Waals surface area contributed by atoms with Crippen LogP contribution >= 0.6 is 0 Å². The predicted molar refractivity (Wildman–Crippen MR) is 124 cm³/mol. The van der Waals surface area contributed by atoms with E-state index in [9.17, 15) is 4.79 Å². The summed E-state index contributed by atoms with van der Waals surface area (Å²) in [6.07, 6.45) is 5.02. The second-order valence-electron chi connectivity index (χ2n) is 8.39. The highest BCUT2D eigenvalue weighted by atomic mass is 16.5. The number of likely N-dealkylation sites (tertiary alicyclic amines) is 1. The molecule has 0 radical (unpaired) electrons. The van der Waals surface area contributed by atoms with E-state index in [1.807, 2.05) is 26.8 Å². The highest BCUT2D eigenvalue weighted by Crippen LogP contribution is 2.28. The van der Waals surface area contributed by atoms with Crippen LogP contribution in [0.5, 0.6) is 0 Å². The average Bonchev–Trinajstić information content (AvgIpc) is 3.24. The fourth-order valence-corrected chi connectivity index (χ4v) is 2.62. The topological polar surface area (TPSA) is 118 Å². The van der Waals surface area contributed by atoms with E-state index in [0.29, 0.717) is 23.0 Å². The lowest BCUT2D eigenvalue weighted by Crippen LogP contribution is -2.31. The van der Waals surface area contributed by atoms with Gasteiger partial charge in [0.25, 0.3) is 5.89 Å². The Labute approximate surface area is 185 Å². The van der Waals surface area contributed by atoms with Crippen LogP contribution in [0.1, 0.15) is 71.2 Å². The molecule has 1 aliphatic heterocycles. The molecule has 172 valence electrons. The molecular formula is C23H37N5O3. The molecule has 31 heavy (non-hydrogen) atoms. The van der Waals surface area contributed by atoms with Gasteiger partial charge in [-0.15, -0.1) is 0 Å². The van der Waals surface area contributed by atoms with Gasteiger partial charge in [-0.2, -0.15) is 4.98 Å². The molecule has 1 aliphatic rings. The minimum Gasteiger partial charge on any atom is -0.398 e. The van der Waals surface area contributed by atoms with Crippen molar-refractivity contribution in [1.82, 2.24) is 15.0 Å². The number of hydrogen-bond acceptors (Lipinski definition) is 7. The van der Waals surface area contributed by atoms with Crippen molar-refractivity contribution in [2.75, 3.05) is 25.9 Å². The molecule has 1 saturated heterocycles. The fourth-order valence-electron chi connectivity index (χ4n) is 2.62. The first kappa shape index (κ1) is 26.3. The minimum atomic E-state index is 0.0417. The predicted octanol–water partition coefficient (Wildman–Crippen LogP) is 4.50. The average molecular weight is 432 g/mol. The Morgan fingerprint density at radius 3 is 2.32 bits per heavy atom. The molecule has 0 saturated carbocycles. The van der Waals surface area contributed by atoms with Crippen molar-refractivity contribution in [1.29, 1.82) is 5.41 Å². The Morgan fingerprint density at radius 1 is 1.29 bits per heavy atom. The third-order valence-corrected chi connectivity index (χ3v) is 4.59. The number of carbonyl (C=O) groups excluding carboxylic acids is 1. The Hall–Kier alpha value is -2.74. The number of aromatic nitrogens is 2. The summed E-state index contributed by atoms with van der Waals surface area (Å²) < 4.78 is 10.3. The number of hydrogen-bond donors (Lipinski definition) is 2. The lowest BCUT2D eigenvalue weighted by molar-refractivity contribution is -0.119. The molecule has 2 aromatic rings. The molecule has 0 unspecified atom stereocenters. The molecular weight excluding hydrogens is 394 g/mol. The number of rotatable bonds is 4. The highest BCUT2D eigenvalue weighted by molar-refractivity contribution is 5.86. The van der Waals surface area contributed by atoms with Crippen LogP contribution < -0.4 is 5.73 Å². The van der Waals surface area contributed by atoms with Crippen LogP contribution in [0.4, 0.5) is 5.69 Å². The number of methoxy groups -OCH3 is 1. The Bertz CT molecular complexity index is 806. The van der Waals surface area contributed by atoms with Gasteiger partial charge in [-0.25, -0.2) is 0 Å². The van der Waals surface area contributed by atoms with Gasteiger partial charge in [-0.1, -0.05) is 31.5 Å². The van der Waals surface area contributed by atoms with Crippen molar-refractivity contribution in [3.05, 3.63) is 29.6 Å². The first-order valence-electron chi connectivity index (χ1n) is 10.7. The lowest BCUT2D eigenvalue weighted by atomic mass is 9.96. The maximum atomic E-state index is 10.7. The SMILES string of the molecule is CCC.COC(C)(C)C.N=Cc1ccc(-c2nc(C3CCN(C=O)CC3)no2)cc1N. The normalized spacial score (nSPS) is 14.1. The van der Waals surface area contributed by atoms with Crippen LogP contribution in [0.15, 0.2) is 22.7 Å². The van der Waals surface area contributed by atoms with E-state index < -0.39 is 0 Å². The summed E-state index contributed by atoms with van der Waals surface area (Å²) >= 11 is 0. The summed E-state index contributed by atoms with van der Waals surface area (Å²) in [6, 6.07) is 5.29. The molecule has 0 atom stereocenters. The second-order valence-corrected chi connectivity index (χ2v) is 8.39. The van der Waals surface area contributed by atoms with Gasteiger partial charge in [-0.05, 0) is 45.7 Å². The number of benzene rings is 1. The summed E-state index contributed by atoms with van der Waals surface area (Å²) in [4.78, 5) is 16.9. The van der Waals surface area contributed by atoms with E-state index in [2.05, 4.69) is 24.0 Å². The summed E-state index contributed by atoms with van der Waals surface area (Å²) in [5.74, 6) is 1.32. The number of anilines is 1. The minimum absolute atomic E-state index is 0.0417. The lowest BCUT2D eigenvalue weighted by Gasteiger charge is -2.27. The Kier molecular flexibility index (Phi) is 10.9. The number of nitrogens with zero attached hydrogens (tertiary/aromatic N) is 3. The summed E-state index contributed by atoms with van der Waals surface area (Å²) in [6.45, 7) is 11.8. The fraction of sp³-hybridized carbons (Fsp3) is 0.565. The molecule has 0 aliphatic carbocycles. The number of nitrogens with one attached hydrogen (secondary N) is 1. The number of nitrogens with two attached hydrogens (primary N) is 1. The van der Waals surface area contributed by atoms with Gasteiger partial charge in [0.2, 0.25) is 6.41 Å². The molecule has 3 rings (SSSR count). The Balaban J connectivity index is 0.000000455. The highest BCUT2D eigenvalue weighted by Gasteiger charge is 2.24. The van der Waals surface area contributed by atoms with Gasteiger partial charge in [0.05, 0.1) is 5.60 Å². The van der Waals surface area contributed by atoms with Gasteiger partial charge < -0.3 is 25.3 Å². The molecule has 3 N–H and O–H groups in total. The largest absolute Gasteiger partial charge is 0.398 e. The molecule has 8 heteroatoms. The van der Waals surface area contributed by atoms with Crippen molar-refractivity contribution >= 4 is 18.3 Å². The quantitative estimate of drug-likeness (QED) is 0.418. The maximum absolute atomic E-state index is 10.7. The van der Waals surface area contributed by atoms with Crippen LogP contribution in [0.3, 0.4) is 0 Å². The zero-order valence-corrected chi connectivity index (χ0v) is 19.6. The molecule has 2 heterocycles. The van der Waals surface area contributed by atoms with Crippen LogP contribution in [-0.4, -0.2) is 53.5 Å². The van der Waals surface area contributed by atoms with E-state index in [4.69, 9.17) is 20.4 Å². The van der Waals surface area contributed by atoms with Crippen molar-refractivity contribution in [2.45, 2.75) is 65.4 Å². The van der Waals surface area contributed by atoms with Gasteiger partial charge in [-0.3, -0.25) is 4.79 Å². The van der Waals surface area contributed by atoms with E-state index >= 15 is 0 Å². The second kappa shape index (κ2) is 12.8. The first-order chi connectivity index (χ1) is 14.7. The summed E-state index contributed by atoms with van der Waals surface area (Å²) in [5.41, 5.74) is 7.82. The standard InChI is InChI=1S/C15H17N5O2.C5H12O.C3H8/c16-8-12-2-1-11(7-13(12)17)15-18-14(19-22-15)10-3-5-20(9-21)6-4-10;1-5(2,3)6-4;1-3-2/h1-2,7-10,16H,3-6,17H2;1-4H3;3H2,1-2H3. The van der Waals surface area contributed by atoms with Gasteiger partial charge in [0.1, 0.15) is 0 Å². The molecule has 1 aromatic carbocycles. The van der Waals surface area contributed by atoms with Crippen LogP contribution in [0.2, 0.25) is 0 Å². The molecule has 1 amide bonds. The van der Waals surface area contributed by atoms with Gasteiger partial charge in [0, 0.05) is 49.1 Å². The van der Waals surface area contributed by atoms with E-state index in [0.717, 1.165) is 37.9 Å². The summed E-state index contributed by atoms with van der Waals surface area (Å²) in [7, 11) is 1.71. The van der Waals surface area contributed by atoms with Crippen molar-refractivity contribution in [3.8, 4) is 11.5 Å². The third-order valence-electron chi connectivity index (χ3n) is 4.59. The number of carbonyl (C=O) groups is 1. The monoisotopic (exact) mass is 431 g/mol. The van der Waals surface area contributed by atoms with E-state index in [1.54, 1.807) is 24.1 Å². The number of piperidine rings is 1. The molecule has 8 nitrogen and oxygen atoms in total.